The number of benzene rings is 2. The number of rotatable bonds is 2. The van der Waals surface area contributed by atoms with Gasteiger partial charge in [-0.1, -0.05) is 37.6 Å². The van der Waals surface area contributed by atoms with E-state index in [2.05, 4.69) is 88.8 Å². The predicted molar refractivity (Wildman–Crippen MR) is 120 cm³/mol. The molecule has 0 saturated heterocycles. The summed E-state index contributed by atoms with van der Waals surface area (Å²) in [5.41, 5.74) is 8.82. The van der Waals surface area contributed by atoms with Crippen LogP contribution in [-0.4, -0.2) is 0 Å². The van der Waals surface area contributed by atoms with Gasteiger partial charge in [0.15, 0.2) is 6.20 Å². The molecule has 1 fully saturated rings. The molecule has 1 heterocycles. The molecule has 0 aliphatic heterocycles. The molecule has 1 aliphatic rings. The van der Waals surface area contributed by atoms with Crippen LogP contribution in [0.1, 0.15) is 67.7 Å². The smallest absolute Gasteiger partial charge is 0.200 e. The second-order valence-electron chi connectivity index (χ2n) is 9.81. The van der Waals surface area contributed by atoms with Crippen molar-refractivity contribution in [1.29, 1.82) is 0 Å². The van der Waals surface area contributed by atoms with Crippen molar-refractivity contribution in [3.8, 4) is 11.3 Å². The lowest BCUT2D eigenvalue weighted by atomic mass is 9.71. The lowest BCUT2D eigenvalue weighted by Gasteiger charge is -2.34. The Hall–Kier alpha value is -2.15. The summed E-state index contributed by atoms with van der Waals surface area (Å²) < 4.78 is 2.28. The molecular weight excluding hydrogens is 338 g/mol. The molecule has 0 unspecified atom stereocenters. The van der Waals surface area contributed by atoms with Crippen molar-refractivity contribution in [3.05, 3.63) is 64.8 Å². The quantitative estimate of drug-likeness (QED) is 0.429. The van der Waals surface area contributed by atoms with Crippen LogP contribution >= 0.6 is 0 Å². The third-order valence-corrected chi connectivity index (χ3v) is 7.04. The maximum Gasteiger partial charge on any atom is 0.220 e. The summed E-state index contributed by atoms with van der Waals surface area (Å²) in [5.74, 6) is 0.720. The molecule has 0 atom stereocenters. The average Bonchev–Trinajstić information content (AvgIpc) is 2.64. The number of nitrogens with zero attached hydrogens (tertiary/aromatic N) is 1. The third-order valence-electron chi connectivity index (χ3n) is 7.04. The lowest BCUT2D eigenvalue weighted by Crippen LogP contribution is -2.31. The van der Waals surface area contributed by atoms with E-state index in [0.29, 0.717) is 5.41 Å². The fourth-order valence-corrected chi connectivity index (χ4v) is 5.00. The lowest BCUT2D eigenvalue weighted by molar-refractivity contribution is -0.659. The first-order valence-electron chi connectivity index (χ1n) is 10.8. The molecule has 1 heteroatoms. The van der Waals surface area contributed by atoms with Gasteiger partial charge >= 0.3 is 0 Å². The average molecular weight is 373 g/mol. The van der Waals surface area contributed by atoms with Gasteiger partial charge in [0.25, 0.3) is 0 Å². The standard InChI is InChI=1S/C27H34N/c1-18-15-19(2)20(3)25(16-18)26-24-8-7-22(17-23(24)11-14-28(26)6)21-9-12-27(4,5)13-10-21/h7-8,11,14-17,21H,9-10,12-13H2,1-6H3/q+1. The fourth-order valence-electron chi connectivity index (χ4n) is 5.00. The van der Waals surface area contributed by atoms with Gasteiger partial charge in [-0.3, -0.25) is 0 Å². The molecule has 1 aromatic heterocycles. The molecule has 146 valence electrons. The van der Waals surface area contributed by atoms with Crippen LogP contribution in [-0.2, 0) is 7.05 Å². The molecule has 28 heavy (non-hydrogen) atoms. The van der Waals surface area contributed by atoms with Crippen LogP contribution in [0.5, 0.6) is 0 Å². The van der Waals surface area contributed by atoms with Gasteiger partial charge < -0.3 is 0 Å². The molecule has 1 nitrogen and oxygen atoms in total. The summed E-state index contributed by atoms with van der Waals surface area (Å²) in [6.07, 6.45) is 7.55. The van der Waals surface area contributed by atoms with Crippen LogP contribution < -0.4 is 4.57 Å². The summed E-state index contributed by atoms with van der Waals surface area (Å²) in [7, 11) is 2.17. The van der Waals surface area contributed by atoms with Crippen LogP contribution in [0.3, 0.4) is 0 Å². The van der Waals surface area contributed by atoms with E-state index in [-0.39, 0.29) is 0 Å². The highest BCUT2D eigenvalue weighted by atomic mass is 14.9. The Labute approximate surface area is 170 Å². The van der Waals surface area contributed by atoms with Gasteiger partial charge in [0, 0.05) is 6.07 Å². The van der Waals surface area contributed by atoms with Crippen molar-refractivity contribution < 1.29 is 4.57 Å². The first kappa shape index (κ1) is 19.2. The van der Waals surface area contributed by atoms with E-state index in [1.54, 1.807) is 0 Å². The van der Waals surface area contributed by atoms with Crippen LogP contribution in [0.2, 0.25) is 0 Å². The number of aromatic nitrogens is 1. The number of hydrogen-bond donors (Lipinski definition) is 0. The van der Waals surface area contributed by atoms with Crippen molar-refractivity contribution in [2.45, 2.75) is 66.2 Å². The minimum absolute atomic E-state index is 0.523. The second-order valence-corrected chi connectivity index (χ2v) is 9.81. The molecule has 3 aromatic rings. The predicted octanol–water partition coefficient (Wildman–Crippen LogP) is 6.94. The Morgan fingerprint density at radius 1 is 0.929 bits per heavy atom. The summed E-state index contributed by atoms with van der Waals surface area (Å²) in [4.78, 5) is 0. The molecule has 4 rings (SSSR count). The molecule has 0 bridgehead atoms. The van der Waals surface area contributed by atoms with Crippen LogP contribution in [0, 0.1) is 26.2 Å². The Balaban J connectivity index is 1.81. The van der Waals surface area contributed by atoms with Gasteiger partial charge in [-0.2, -0.15) is 0 Å². The first-order valence-corrected chi connectivity index (χ1v) is 10.8. The molecule has 0 spiro atoms. The van der Waals surface area contributed by atoms with Gasteiger partial charge in [-0.15, -0.1) is 0 Å². The van der Waals surface area contributed by atoms with E-state index in [1.807, 2.05) is 0 Å². The van der Waals surface area contributed by atoms with E-state index < -0.39 is 0 Å². The zero-order valence-corrected chi connectivity index (χ0v) is 18.4. The largest absolute Gasteiger partial charge is 0.220 e. The van der Waals surface area contributed by atoms with Crippen LogP contribution in [0.15, 0.2) is 42.6 Å². The minimum Gasteiger partial charge on any atom is -0.200 e. The topological polar surface area (TPSA) is 3.88 Å². The molecular formula is C27H34N+. The zero-order valence-electron chi connectivity index (χ0n) is 18.4. The van der Waals surface area contributed by atoms with Gasteiger partial charge in [-0.05, 0) is 92.0 Å². The number of fused-ring (bicyclic) bond motifs is 1. The van der Waals surface area contributed by atoms with Gasteiger partial charge in [-0.25, -0.2) is 4.57 Å². The Morgan fingerprint density at radius 2 is 1.64 bits per heavy atom. The van der Waals surface area contributed by atoms with E-state index in [0.717, 1.165) is 5.92 Å². The van der Waals surface area contributed by atoms with E-state index >= 15 is 0 Å². The number of hydrogen-bond acceptors (Lipinski definition) is 0. The van der Waals surface area contributed by atoms with Crippen molar-refractivity contribution in [3.63, 3.8) is 0 Å². The Bertz CT molecular complexity index is 1030. The van der Waals surface area contributed by atoms with Crippen LogP contribution in [0.4, 0.5) is 0 Å². The molecule has 2 aromatic carbocycles. The van der Waals surface area contributed by atoms with Gasteiger partial charge in [0.05, 0.1) is 10.9 Å². The highest BCUT2D eigenvalue weighted by Gasteiger charge is 2.28. The van der Waals surface area contributed by atoms with Crippen molar-refractivity contribution in [2.24, 2.45) is 12.5 Å². The normalized spacial score (nSPS) is 17.2. The molecule has 0 radical (unpaired) electrons. The van der Waals surface area contributed by atoms with E-state index in [1.165, 1.54) is 70.0 Å². The second kappa shape index (κ2) is 7.03. The maximum absolute atomic E-state index is 2.46. The summed E-state index contributed by atoms with van der Waals surface area (Å²) in [6.45, 7) is 11.5. The fraction of sp³-hybridized carbons (Fsp3) is 0.444. The molecule has 1 saturated carbocycles. The molecule has 0 amide bonds. The summed E-state index contributed by atoms with van der Waals surface area (Å²) in [5, 5.41) is 2.73. The highest BCUT2D eigenvalue weighted by Crippen LogP contribution is 2.43. The molecule has 1 aliphatic carbocycles. The Kier molecular flexibility index (Phi) is 4.81. The highest BCUT2D eigenvalue weighted by molar-refractivity contribution is 5.94. The maximum atomic E-state index is 2.46. The number of aryl methyl sites for hydroxylation is 3. The first-order chi connectivity index (χ1) is 13.2. The third kappa shape index (κ3) is 3.48. The van der Waals surface area contributed by atoms with Crippen molar-refractivity contribution in [1.82, 2.24) is 0 Å². The Morgan fingerprint density at radius 3 is 2.36 bits per heavy atom. The van der Waals surface area contributed by atoms with E-state index in [9.17, 15) is 0 Å². The van der Waals surface area contributed by atoms with Crippen molar-refractivity contribution >= 4 is 10.8 Å². The van der Waals surface area contributed by atoms with Crippen molar-refractivity contribution in [2.75, 3.05) is 0 Å². The van der Waals surface area contributed by atoms with Gasteiger partial charge in [0.2, 0.25) is 5.69 Å². The monoisotopic (exact) mass is 372 g/mol. The van der Waals surface area contributed by atoms with Gasteiger partial charge in [0.1, 0.15) is 7.05 Å². The zero-order chi connectivity index (χ0) is 20.1. The number of pyridine rings is 1. The molecule has 0 N–H and O–H groups in total. The van der Waals surface area contributed by atoms with Crippen LogP contribution in [0.25, 0.3) is 22.0 Å². The summed E-state index contributed by atoms with van der Waals surface area (Å²) in [6, 6.07) is 14.1. The SMILES string of the molecule is Cc1cc(C)c(C)c(-c2c3ccc(C4CCC(C)(C)CC4)cc3cc[n+]2C)c1. The minimum atomic E-state index is 0.523. The van der Waals surface area contributed by atoms with E-state index in [4.69, 9.17) is 0 Å². The summed E-state index contributed by atoms with van der Waals surface area (Å²) >= 11 is 0.